The van der Waals surface area contributed by atoms with Crippen LogP contribution >= 0.6 is 0 Å². The number of benzene rings is 1. The highest BCUT2D eigenvalue weighted by molar-refractivity contribution is 5.23. The van der Waals surface area contributed by atoms with Gasteiger partial charge in [-0.2, -0.15) is 0 Å². The first-order valence-corrected chi connectivity index (χ1v) is 6.47. The second-order valence-electron chi connectivity index (χ2n) is 6.19. The Balaban J connectivity index is 2.65. The fourth-order valence-electron chi connectivity index (χ4n) is 2.77. The lowest BCUT2D eigenvalue weighted by Crippen LogP contribution is -2.21. The van der Waals surface area contributed by atoms with Crippen molar-refractivity contribution in [2.24, 2.45) is 11.8 Å². The summed E-state index contributed by atoms with van der Waals surface area (Å²) >= 11 is 0. The molecule has 0 spiro atoms. The van der Waals surface area contributed by atoms with Crippen molar-refractivity contribution in [2.75, 3.05) is 0 Å². The van der Waals surface area contributed by atoms with E-state index in [-0.39, 0.29) is 0 Å². The molecule has 0 aromatic heterocycles. The molecule has 0 amide bonds. The van der Waals surface area contributed by atoms with Crippen molar-refractivity contribution in [3.63, 3.8) is 0 Å². The molecule has 0 heterocycles. The highest BCUT2D eigenvalue weighted by Gasteiger charge is 2.23. The zero-order valence-corrected chi connectivity index (χ0v) is 11.5. The fourth-order valence-corrected chi connectivity index (χ4v) is 2.77. The summed E-state index contributed by atoms with van der Waals surface area (Å²) in [6.45, 7) is 11.7. The molecule has 16 heavy (non-hydrogen) atoms. The first kappa shape index (κ1) is 13.3. The van der Waals surface area contributed by atoms with Crippen molar-refractivity contribution in [1.82, 2.24) is 0 Å². The summed E-state index contributed by atoms with van der Waals surface area (Å²) in [4.78, 5) is 0. The summed E-state index contributed by atoms with van der Waals surface area (Å²) in [5, 5.41) is 0. The Labute approximate surface area is 101 Å². The second kappa shape index (κ2) is 5.52. The minimum atomic E-state index is 0.301. The predicted molar refractivity (Wildman–Crippen MR) is 72.7 cm³/mol. The summed E-state index contributed by atoms with van der Waals surface area (Å²) in [5.74, 6) is 1.61. The van der Waals surface area contributed by atoms with E-state index in [2.05, 4.69) is 65.0 Å². The molecular formula is C16H26. The third-order valence-electron chi connectivity index (χ3n) is 3.29. The Hall–Kier alpha value is -0.780. The lowest BCUT2D eigenvalue weighted by molar-refractivity contribution is 0.332. The fraction of sp³-hybridized carbons (Fsp3) is 0.625. The Morgan fingerprint density at radius 1 is 1.00 bits per heavy atom. The summed E-state index contributed by atoms with van der Waals surface area (Å²) in [7, 11) is 0. The van der Waals surface area contributed by atoms with Crippen LogP contribution < -0.4 is 0 Å². The quantitative estimate of drug-likeness (QED) is 0.649. The van der Waals surface area contributed by atoms with E-state index in [1.165, 1.54) is 18.4 Å². The smallest absolute Gasteiger partial charge is 0.0101 e. The van der Waals surface area contributed by atoms with Crippen molar-refractivity contribution >= 4 is 0 Å². The third-order valence-corrected chi connectivity index (χ3v) is 3.29. The molecule has 0 bridgehead atoms. The molecule has 0 aliphatic heterocycles. The number of hydrogen-bond acceptors (Lipinski definition) is 0. The van der Waals surface area contributed by atoms with Crippen LogP contribution in [0.5, 0.6) is 0 Å². The van der Waals surface area contributed by atoms with E-state index in [1.807, 2.05) is 0 Å². The van der Waals surface area contributed by atoms with Crippen LogP contribution in [0, 0.1) is 11.8 Å². The molecule has 0 heteroatoms. The van der Waals surface area contributed by atoms with Crippen LogP contribution in [0.1, 0.15) is 53.0 Å². The minimum Gasteiger partial charge on any atom is -0.0628 e. The van der Waals surface area contributed by atoms with Gasteiger partial charge in [0.05, 0.1) is 0 Å². The molecule has 0 radical (unpaired) electrons. The summed E-state index contributed by atoms with van der Waals surface area (Å²) < 4.78 is 0. The van der Waals surface area contributed by atoms with Crippen molar-refractivity contribution < 1.29 is 0 Å². The monoisotopic (exact) mass is 218 g/mol. The Bertz CT molecular complexity index is 295. The Morgan fingerprint density at radius 2 is 1.56 bits per heavy atom. The molecule has 0 aliphatic rings. The first-order valence-electron chi connectivity index (χ1n) is 6.47. The zero-order chi connectivity index (χ0) is 12.2. The average Bonchev–Trinajstić information content (AvgIpc) is 2.16. The average molecular weight is 218 g/mol. The Morgan fingerprint density at radius 3 is 2.06 bits per heavy atom. The maximum absolute atomic E-state index is 2.38. The molecule has 1 rings (SSSR count). The third kappa shape index (κ3) is 4.00. The van der Waals surface area contributed by atoms with Gasteiger partial charge in [-0.05, 0) is 35.7 Å². The molecule has 1 atom stereocenters. The van der Waals surface area contributed by atoms with Crippen LogP contribution in [0.4, 0.5) is 0 Å². The van der Waals surface area contributed by atoms with Crippen LogP contribution in [0.25, 0.3) is 0 Å². The van der Waals surface area contributed by atoms with E-state index in [1.54, 1.807) is 0 Å². The summed E-state index contributed by atoms with van der Waals surface area (Å²) in [6.07, 6.45) is 2.60. The van der Waals surface area contributed by atoms with Crippen molar-refractivity contribution in [1.29, 1.82) is 0 Å². The van der Waals surface area contributed by atoms with Gasteiger partial charge in [-0.1, -0.05) is 65.0 Å². The number of hydrogen-bond donors (Lipinski definition) is 0. The molecule has 0 N–H and O–H groups in total. The van der Waals surface area contributed by atoms with E-state index >= 15 is 0 Å². The topological polar surface area (TPSA) is 0 Å². The van der Waals surface area contributed by atoms with E-state index in [4.69, 9.17) is 0 Å². The minimum absolute atomic E-state index is 0.301. The van der Waals surface area contributed by atoms with Crippen molar-refractivity contribution in [3.05, 3.63) is 35.9 Å². The van der Waals surface area contributed by atoms with Gasteiger partial charge in [-0.3, -0.25) is 0 Å². The summed E-state index contributed by atoms with van der Waals surface area (Å²) in [5.41, 5.74) is 1.76. The van der Waals surface area contributed by atoms with E-state index in [0.717, 1.165) is 11.8 Å². The largest absolute Gasteiger partial charge is 0.0628 e. The molecule has 0 aliphatic carbocycles. The molecule has 90 valence electrons. The van der Waals surface area contributed by atoms with Gasteiger partial charge < -0.3 is 0 Å². The molecule has 0 fully saturated rings. The van der Waals surface area contributed by atoms with Crippen LogP contribution in [0.15, 0.2) is 30.3 Å². The first-order chi connectivity index (χ1) is 7.42. The highest BCUT2D eigenvalue weighted by Crippen LogP contribution is 2.32. The molecule has 0 saturated carbocycles. The van der Waals surface area contributed by atoms with Gasteiger partial charge in [0.1, 0.15) is 0 Å². The Kier molecular flexibility index (Phi) is 4.58. The van der Waals surface area contributed by atoms with Gasteiger partial charge >= 0.3 is 0 Å². The van der Waals surface area contributed by atoms with Crippen LogP contribution in [-0.2, 0) is 5.41 Å². The standard InChI is InChI=1S/C16H26/c1-13(2)11-14(3)12-16(4,5)15-9-7-6-8-10-15/h6-10,13-14H,11-12H2,1-5H3. The molecule has 0 nitrogen and oxygen atoms in total. The van der Waals surface area contributed by atoms with Gasteiger partial charge in [0.2, 0.25) is 0 Å². The summed E-state index contributed by atoms with van der Waals surface area (Å²) in [6, 6.07) is 10.9. The lowest BCUT2D eigenvalue weighted by atomic mass is 9.76. The maximum atomic E-state index is 2.38. The van der Waals surface area contributed by atoms with Gasteiger partial charge in [-0.25, -0.2) is 0 Å². The normalized spacial score (nSPS) is 14.1. The highest BCUT2D eigenvalue weighted by atomic mass is 14.3. The SMILES string of the molecule is CC(C)CC(C)CC(C)(C)c1ccccc1. The predicted octanol–water partition coefficient (Wildman–Crippen LogP) is 5.04. The molecule has 1 aromatic carbocycles. The molecule has 1 unspecified atom stereocenters. The molecular weight excluding hydrogens is 192 g/mol. The maximum Gasteiger partial charge on any atom is -0.0101 e. The van der Waals surface area contributed by atoms with Crippen molar-refractivity contribution in [3.8, 4) is 0 Å². The van der Waals surface area contributed by atoms with Crippen LogP contribution in [0.2, 0.25) is 0 Å². The zero-order valence-electron chi connectivity index (χ0n) is 11.5. The molecule has 0 saturated heterocycles. The molecule has 1 aromatic rings. The van der Waals surface area contributed by atoms with Gasteiger partial charge in [0.25, 0.3) is 0 Å². The van der Waals surface area contributed by atoms with E-state index < -0.39 is 0 Å². The van der Waals surface area contributed by atoms with Crippen molar-refractivity contribution in [2.45, 2.75) is 52.9 Å². The second-order valence-corrected chi connectivity index (χ2v) is 6.19. The van der Waals surface area contributed by atoms with E-state index in [9.17, 15) is 0 Å². The van der Waals surface area contributed by atoms with E-state index in [0.29, 0.717) is 5.41 Å². The van der Waals surface area contributed by atoms with Gasteiger partial charge in [0, 0.05) is 0 Å². The van der Waals surface area contributed by atoms with Crippen LogP contribution in [-0.4, -0.2) is 0 Å². The number of rotatable bonds is 5. The van der Waals surface area contributed by atoms with Gasteiger partial charge in [-0.15, -0.1) is 0 Å². The van der Waals surface area contributed by atoms with Crippen LogP contribution in [0.3, 0.4) is 0 Å². The van der Waals surface area contributed by atoms with Gasteiger partial charge in [0.15, 0.2) is 0 Å². The lowest BCUT2D eigenvalue weighted by Gasteiger charge is -2.29.